The van der Waals surface area contributed by atoms with Gasteiger partial charge in [-0.05, 0) is 50.6 Å². The highest BCUT2D eigenvalue weighted by atomic mass is 35.5. The van der Waals surface area contributed by atoms with Crippen LogP contribution in [-0.4, -0.2) is 29.1 Å². The van der Waals surface area contributed by atoms with Gasteiger partial charge in [-0.3, -0.25) is 0 Å². The molecule has 4 nitrogen and oxygen atoms in total. The van der Waals surface area contributed by atoms with Gasteiger partial charge in [0.1, 0.15) is 5.82 Å². The van der Waals surface area contributed by atoms with Crippen molar-refractivity contribution in [1.82, 2.24) is 15.3 Å². The minimum atomic E-state index is 0.436. The maximum atomic E-state index is 5.93. The normalized spacial score (nSPS) is 18.5. The molecule has 1 fully saturated rings. The third-order valence-corrected chi connectivity index (χ3v) is 3.86. The smallest absolute Gasteiger partial charge is 0.161 e. The summed E-state index contributed by atoms with van der Waals surface area (Å²) >= 11 is 5.93. The molecule has 1 atom stereocenters. The molecule has 0 radical (unpaired) electrons. The number of aromatic nitrogens is 2. The molecule has 1 aliphatic rings. The summed E-state index contributed by atoms with van der Waals surface area (Å²) in [6.07, 6.45) is 2.37. The zero-order valence-corrected chi connectivity index (χ0v) is 12.8. The highest BCUT2D eigenvalue weighted by molar-refractivity contribution is 6.30. The molecule has 2 aromatic rings. The molecule has 0 bridgehead atoms. The average Bonchev–Trinajstić information content (AvgIpc) is 2.48. The number of benzene rings is 1. The van der Waals surface area contributed by atoms with Gasteiger partial charge >= 0.3 is 0 Å². The summed E-state index contributed by atoms with van der Waals surface area (Å²) in [7, 11) is 0. The van der Waals surface area contributed by atoms with Crippen molar-refractivity contribution in [3.63, 3.8) is 0 Å². The van der Waals surface area contributed by atoms with Gasteiger partial charge in [0.15, 0.2) is 5.82 Å². The summed E-state index contributed by atoms with van der Waals surface area (Å²) in [4.78, 5) is 9.15. The van der Waals surface area contributed by atoms with E-state index in [1.807, 2.05) is 37.3 Å². The number of piperidine rings is 1. The van der Waals surface area contributed by atoms with Crippen molar-refractivity contribution in [2.24, 2.45) is 0 Å². The number of rotatable bonds is 3. The number of hydrogen-bond acceptors (Lipinski definition) is 4. The fourth-order valence-electron chi connectivity index (χ4n) is 2.55. The first-order valence-corrected chi connectivity index (χ1v) is 7.67. The van der Waals surface area contributed by atoms with Crippen molar-refractivity contribution in [2.45, 2.75) is 25.8 Å². The van der Waals surface area contributed by atoms with Crippen LogP contribution >= 0.6 is 11.6 Å². The highest BCUT2D eigenvalue weighted by Crippen LogP contribution is 2.21. The quantitative estimate of drug-likeness (QED) is 0.913. The second-order valence-electron chi connectivity index (χ2n) is 5.41. The van der Waals surface area contributed by atoms with Crippen molar-refractivity contribution in [3.05, 3.63) is 41.0 Å². The third-order valence-electron chi connectivity index (χ3n) is 3.61. The molecule has 1 unspecified atom stereocenters. The first-order valence-electron chi connectivity index (χ1n) is 7.29. The lowest BCUT2D eigenvalue weighted by Gasteiger charge is -2.24. The number of nitrogens with one attached hydrogen (secondary N) is 2. The van der Waals surface area contributed by atoms with Gasteiger partial charge < -0.3 is 10.6 Å². The molecular formula is C16H19ClN4. The predicted octanol–water partition coefficient (Wildman–Crippen LogP) is 3.27. The number of aryl methyl sites for hydroxylation is 1. The lowest BCUT2D eigenvalue weighted by atomic mass is 10.1. The number of halogens is 1. The standard InChI is InChI=1S/C16H19ClN4/c1-11-9-15(20-14-3-2-8-18-10-14)21-16(19-11)12-4-6-13(17)7-5-12/h4-7,9,14,18H,2-3,8,10H2,1H3,(H,19,20,21). The molecule has 2 N–H and O–H groups in total. The number of nitrogens with zero attached hydrogens (tertiary/aromatic N) is 2. The molecule has 21 heavy (non-hydrogen) atoms. The second-order valence-corrected chi connectivity index (χ2v) is 5.85. The van der Waals surface area contributed by atoms with E-state index in [1.54, 1.807) is 0 Å². The van der Waals surface area contributed by atoms with Crippen LogP contribution in [-0.2, 0) is 0 Å². The molecule has 1 aromatic heterocycles. The van der Waals surface area contributed by atoms with E-state index in [0.717, 1.165) is 41.0 Å². The van der Waals surface area contributed by atoms with Crippen molar-refractivity contribution < 1.29 is 0 Å². The number of anilines is 1. The fraction of sp³-hybridized carbons (Fsp3) is 0.375. The van der Waals surface area contributed by atoms with Crippen molar-refractivity contribution >= 4 is 17.4 Å². The summed E-state index contributed by atoms with van der Waals surface area (Å²) in [5.74, 6) is 1.62. The van der Waals surface area contributed by atoms with Gasteiger partial charge in [0.2, 0.25) is 0 Å². The topological polar surface area (TPSA) is 49.8 Å². The minimum absolute atomic E-state index is 0.436. The van der Waals surface area contributed by atoms with E-state index in [4.69, 9.17) is 11.6 Å². The Balaban J connectivity index is 1.83. The van der Waals surface area contributed by atoms with Crippen LogP contribution in [0.3, 0.4) is 0 Å². The molecule has 1 saturated heterocycles. The Bertz CT molecular complexity index is 606. The van der Waals surface area contributed by atoms with E-state index < -0.39 is 0 Å². The molecule has 110 valence electrons. The van der Waals surface area contributed by atoms with Crippen LogP contribution in [0.15, 0.2) is 30.3 Å². The van der Waals surface area contributed by atoms with Crippen LogP contribution in [0.4, 0.5) is 5.82 Å². The van der Waals surface area contributed by atoms with Gasteiger partial charge in [-0.1, -0.05) is 11.6 Å². The molecule has 0 amide bonds. The Hall–Kier alpha value is -1.65. The van der Waals surface area contributed by atoms with Crippen LogP contribution in [0.2, 0.25) is 5.02 Å². The lowest BCUT2D eigenvalue weighted by Crippen LogP contribution is -2.38. The van der Waals surface area contributed by atoms with E-state index in [1.165, 1.54) is 12.8 Å². The second kappa shape index (κ2) is 6.41. The molecule has 3 rings (SSSR count). The van der Waals surface area contributed by atoms with Gasteiger partial charge in [-0.2, -0.15) is 0 Å². The minimum Gasteiger partial charge on any atom is -0.366 e. The Morgan fingerprint density at radius 3 is 2.76 bits per heavy atom. The Morgan fingerprint density at radius 2 is 2.05 bits per heavy atom. The maximum Gasteiger partial charge on any atom is 0.161 e. The number of hydrogen-bond donors (Lipinski definition) is 2. The SMILES string of the molecule is Cc1cc(NC2CCCNC2)nc(-c2ccc(Cl)cc2)n1. The van der Waals surface area contributed by atoms with Crippen LogP contribution in [0.5, 0.6) is 0 Å². The van der Waals surface area contributed by atoms with Crippen LogP contribution in [0, 0.1) is 6.92 Å². The largest absolute Gasteiger partial charge is 0.366 e. The first kappa shape index (κ1) is 14.3. The summed E-state index contributed by atoms with van der Waals surface area (Å²) in [5, 5.41) is 7.63. The van der Waals surface area contributed by atoms with E-state index in [0.29, 0.717) is 6.04 Å². The van der Waals surface area contributed by atoms with E-state index in [9.17, 15) is 0 Å². The molecule has 0 spiro atoms. The van der Waals surface area contributed by atoms with Crippen LogP contribution in [0.1, 0.15) is 18.5 Å². The lowest BCUT2D eigenvalue weighted by molar-refractivity contribution is 0.479. The average molecular weight is 303 g/mol. The Labute approximate surface area is 130 Å². The van der Waals surface area contributed by atoms with Crippen molar-refractivity contribution in [3.8, 4) is 11.4 Å². The molecule has 1 aliphatic heterocycles. The fourth-order valence-corrected chi connectivity index (χ4v) is 2.68. The molecule has 0 saturated carbocycles. The van der Waals surface area contributed by atoms with Crippen LogP contribution < -0.4 is 10.6 Å². The van der Waals surface area contributed by atoms with Gasteiger partial charge in [0.25, 0.3) is 0 Å². The van der Waals surface area contributed by atoms with E-state index in [2.05, 4.69) is 20.6 Å². The third kappa shape index (κ3) is 3.71. The monoisotopic (exact) mass is 302 g/mol. The van der Waals surface area contributed by atoms with E-state index >= 15 is 0 Å². The predicted molar refractivity (Wildman–Crippen MR) is 86.7 cm³/mol. The van der Waals surface area contributed by atoms with Crippen LogP contribution in [0.25, 0.3) is 11.4 Å². The first-order chi connectivity index (χ1) is 10.2. The van der Waals surface area contributed by atoms with Crippen molar-refractivity contribution in [1.29, 1.82) is 0 Å². The Morgan fingerprint density at radius 1 is 1.24 bits per heavy atom. The summed E-state index contributed by atoms with van der Waals surface area (Å²) in [5.41, 5.74) is 1.94. The van der Waals surface area contributed by atoms with E-state index in [-0.39, 0.29) is 0 Å². The molecule has 2 heterocycles. The highest BCUT2D eigenvalue weighted by Gasteiger charge is 2.14. The molecule has 1 aromatic carbocycles. The maximum absolute atomic E-state index is 5.93. The molecule has 0 aliphatic carbocycles. The van der Waals surface area contributed by atoms with Gasteiger partial charge in [0, 0.05) is 34.9 Å². The van der Waals surface area contributed by atoms with Gasteiger partial charge in [-0.25, -0.2) is 9.97 Å². The Kier molecular flexibility index (Phi) is 4.36. The molecule has 5 heteroatoms. The summed E-state index contributed by atoms with van der Waals surface area (Å²) in [6.45, 7) is 4.09. The summed E-state index contributed by atoms with van der Waals surface area (Å²) in [6, 6.07) is 10.0. The zero-order chi connectivity index (χ0) is 14.7. The van der Waals surface area contributed by atoms with Gasteiger partial charge in [0.05, 0.1) is 0 Å². The van der Waals surface area contributed by atoms with Crippen molar-refractivity contribution in [2.75, 3.05) is 18.4 Å². The van der Waals surface area contributed by atoms with Gasteiger partial charge in [-0.15, -0.1) is 0 Å². The molecular weight excluding hydrogens is 284 g/mol. The zero-order valence-electron chi connectivity index (χ0n) is 12.1. The summed E-state index contributed by atoms with van der Waals surface area (Å²) < 4.78 is 0.